The second-order valence-corrected chi connectivity index (χ2v) is 5.30. The van der Waals surface area contributed by atoms with Crippen LogP contribution in [-0.4, -0.2) is 6.54 Å². The molecule has 0 amide bonds. The normalized spacial score (nSPS) is 42.8. The van der Waals surface area contributed by atoms with Gasteiger partial charge in [-0.25, -0.2) is 0 Å². The molecule has 1 aliphatic rings. The summed E-state index contributed by atoms with van der Waals surface area (Å²) < 4.78 is 0. The van der Waals surface area contributed by atoms with Crippen molar-refractivity contribution in [3.63, 3.8) is 0 Å². The quantitative estimate of drug-likeness (QED) is 0.618. The summed E-state index contributed by atoms with van der Waals surface area (Å²) in [5, 5.41) is 0. The Labute approximate surface area is 70.4 Å². The maximum absolute atomic E-state index is 5.78. The van der Waals surface area contributed by atoms with E-state index in [9.17, 15) is 0 Å². The second-order valence-electron chi connectivity index (χ2n) is 5.30. The first-order valence-corrected chi connectivity index (χ1v) is 4.60. The first-order valence-electron chi connectivity index (χ1n) is 4.60. The molecule has 0 saturated heterocycles. The van der Waals surface area contributed by atoms with Crippen LogP contribution < -0.4 is 5.73 Å². The van der Waals surface area contributed by atoms with Crippen molar-refractivity contribution >= 4 is 0 Å². The molecule has 0 aromatic carbocycles. The zero-order valence-electron chi connectivity index (χ0n) is 8.28. The van der Waals surface area contributed by atoms with Gasteiger partial charge in [0.25, 0.3) is 0 Å². The average molecular weight is 155 g/mol. The lowest BCUT2D eigenvalue weighted by Gasteiger charge is -2.27. The van der Waals surface area contributed by atoms with Gasteiger partial charge in [0, 0.05) is 0 Å². The van der Waals surface area contributed by atoms with Crippen LogP contribution in [0.15, 0.2) is 0 Å². The molecule has 66 valence electrons. The molecule has 1 fully saturated rings. The lowest BCUT2D eigenvalue weighted by atomic mass is 9.80. The first-order chi connectivity index (χ1) is 4.90. The molecule has 0 unspecified atom stereocenters. The highest BCUT2D eigenvalue weighted by molar-refractivity contribution is 4.95. The third-order valence-corrected chi connectivity index (χ3v) is 3.40. The fraction of sp³-hybridized carbons (Fsp3) is 1.00. The smallest absolute Gasteiger partial charge is 0.00204 e. The van der Waals surface area contributed by atoms with Gasteiger partial charge >= 0.3 is 0 Å². The van der Waals surface area contributed by atoms with E-state index in [0.717, 1.165) is 12.5 Å². The standard InChI is InChI=1S/C10H21N/c1-8-5-9(2,3)6-10(8,4)7-11/h8H,5-7,11H2,1-4H3/t8-,10+/m1/s1. The van der Waals surface area contributed by atoms with Crippen LogP contribution in [0.4, 0.5) is 0 Å². The molecule has 11 heavy (non-hydrogen) atoms. The monoisotopic (exact) mass is 155 g/mol. The highest BCUT2D eigenvalue weighted by Gasteiger charge is 2.44. The molecule has 0 aromatic heterocycles. The molecule has 2 atom stereocenters. The maximum atomic E-state index is 5.78. The summed E-state index contributed by atoms with van der Waals surface area (Å²) in [6, 6.07) is 0. The largest absolute Gasteiger partial charge is 0.330 e. The molecule has 0 heterocycles. The van der Waals surface area contributed by atoms with Gasteiger partial charge in [-0.3, -0.25) is 0 Å². The molecule has 1 rings (SSSR count). The fourth-order valence-electron chi connectivity index (χ4n) is 2.69. The lowest BCUT2D eigenvalue weighted by molar-refractivity contribution is 0.245. The summed E-state index contributed by atoms with van der Waals surface area (Å²) in [4.78, 5) is 0. The Morgan fingerprint density at radius 3 is 2.09 bits per heavy atom. The van der Waals surface area contributed by atoms with Gasteiger partial charge in [-0.05, 0) is 36.1 Å². The molecule has 1 heteroatoms. The third-order valence-electron chi connectivity index (χ3n) is 3.40. The Bertz CT molecular complexity index is 151. The topological polar surface area (TPSA) is 26.0 Å². The van der Waals surface area contributed by atoms with Crippen molar-refractivity contribution in [3.8, 4) is 0 Å². The van der Waals surface area contributed by atoms with Gasteiger partial charge in [0.1, 0.15) is 0 Å². The third kappa shape index (κ3) is 1.58. The molecule has 0 aromatic rings. The Morgan fingerprint density at radius 1 is 1.36 bits per heavy atom. The first kappa shape index (κ1) is 9.05. The van der Waals surface area contributed by atoms with Gasteiger partial charge < -0.3 is 5.73 Å². The summed E-state index contributed by atoms with van der Waals surface area (Å²) in [7, 11) is 0. The van der Waals surface area contributed by atoms with Gasteiger partial charge in [0.15, 0.2) is 0 Å². The van der Waals surface area contributed by atoms with E-state index in [4.69, 9.17) is 5.73 Å². The summed E-state index contributed by atoms with van der Waals surface area (Å²) in [5.41, 5.74) is 6.71. The van der Waals surface area contributed by atoms with Gasteiger partial charge in [-0.2, -0.15) is 0 Å². The number of hydrogen-bond donors (Lipinski definition) is 1. The van der Waals surface area contributed by atoms with Gasteiger partial charge in [-0.15, -0.1) is 0 Å². The van der Waals surface area contributed by atoms with E-state index in [-0.39, 0.29) is 0 Å². The van der Waals surface area contributed by atoms with Gasteiger partial charge in [0.2, 0.25) is 0 Å². The molecule has 1 nitrogen and oxygen atoms in total. The van der Waals surface area contributed by atoms with Crippen molar-refractivity contribution in [3.05, 3.63) is 0 Å². The number of hydrogen-bond acceptors (Lipinski definition) is 1. The molecule has 0 spiro atoms. The molecule has 0 bridgehead atoms. The summed E-state index contributed by atoms with van der Waals surface area (Å²) >= 11 is 0. The van der Waals surface area contributed by atoms with E-state index in [2.05, 4.69) is 27.7 Å². The van der Waals surface area contributed by atoms with Crippen molar-refractivity contribution in [2.45, 2.75) is 40.5 Å². The van der Waals surface area contributed by atoms with Crippen LogP contribution in [0.3, 0.4) is 0 Å². The van der Waals surface area contributed by atoms with Crippen molar-refractivity contribution in [1.82, 2.24) is 0 Å². The highest BCUT2D eigenvalue weighted by atomic mass is 14.6. The van der Waals surface area contributed by atoms with Crippen molar-refractivity contribution in [1.29, 1.82) is 0 Å². The van der Waals surface area contributed by atoms with E-state index in [1.807, 2.05) is 0 Å². The summed E-state index contributed by atoms with van der Waals surface area (Å²) in [6.07, 6.45) is 2.62. The molecular weight excluding hydrogens is 134 g/mol. The molecule has 1 aliphatic carbocycles. The Kier molecular flexibility index (Phi) is 2.04. The van der Waals surface area contributed by atoms with Crippen molar-refractivity contribution in [2.24, 2.45) is 22.5 Å². The van der Waals surface area contributed by atoms with Gasteiger partial charge in [0.05, 0.1) is 0 Å². The van der Waals surface area contributed by atoms with E-state index in [0.29, 0.717) is 10.8 Å². The zero-order valence-corrected chi connectivity index (χ0v) is 8.28. The predicted octanol–water partition coefficient (Wildman–Crippen LogP) is 2.41. The zero-order chi connectivity index (χ0) is 8.70. The summed E-state index contributed by atoms with van der Waals surface area (Å²) in [5.74, 6) is 0.794. The van der Waals surface area contributed by atoms with Crippen LogP contribution in [0.1, 0.15) is 40.5 Å². The van der Waals surface area contributed by atoms with Crippen LogP contribution in [-0.2, 0) is 0 Å². The van der Waals surface area contributed by atoms with Crippen LogP contribution in [0, 0.1) is 16.7 Å². The molecule has 1 saturated carbocycles. The average Bonchev–Trinajstić information content (AvgIpc) is 2.03. The van der Waals surface area contributed by atoms with Crippen molar-refractivity contribution in [2.75, 3.05) is 6.54 Å². The second kappa shape index (κ2) is 2.48. The minimum absolute atomic E-state index is 0.406. The molecular formula is C10H21N. The van der Waals surface area contributed by atoms with Crippen LogP contribution >= 0.6 is 0 Å². The fourth-order valence-corrected chi connectivity index (χ4v) is 2.69. The molecule has 2 N–H and O–H groups in total. The minimum atomic E-state index is 0.406. The van der Waals surface area contributed by atoms with E-state index in [1.54, 1.807) is 0 Å². The number of nitrogens with two attached hydrogens (primary N) is 1. The summed E-state index contributed by atoms with van der Waals surface area (Å²) in [6.45, 7) is 10.2. The predicted molar refractivity (Wildman–Crippen MR) is 49.3 cm³/mol. The Morgan fingerprint density at radius 2 is 1.91 bits per heavy atom. The number of rotatable bonds is 1. The maximum Gasteiger partial charge on any atom is -0.00204 e. The highest BCUT2D eigenvalue weighted by Crippen LogP contribution is 2.51. The lowest BCUT2D eigenvalue weighted by Crippen LogP contribution is -2.29. The molecule has 0 radical (unpaired) electrons. The van der Waals surface area contributed by atoms with Crippen LogP contribution in [0.5, 0.6) is 0 Å². The molecule has 0 aliphatic heterocycles. The Balaban J connectivity index is 2.73. The van der Waals surface area contributed by atoms with Crippen LogP contribution in [0.25, 0.3) is 0 Å². The van der Waals surface area contributed by atoms with E-state index < -0.39 is 0 Å². The van der Waals surface area contributed by atoms with Crippen molar-refractivity contribution < 1.29 is 0 Å². The van der Waals surface area contributed by atoms with E-state index in [1.165, 1.54) is 12.8 Å². The SMILES string of the molecule is C[C@@H]1CC(C)(C)C[C@@]1(C)CN. The van der Waals surface area contributed by atoms with Crippen LogP contribution in [0.2, 0.25) is 0 Å². The van der Waals surface area contributed by atoms with Gasteiger partial charge in [-0.1, -0.05) is 27.7 Å². The Hall–Kier alpha value is -0.0400. The minimum Gasteiger partial charge on any atom is -0.330 e. The van der Waals surface area contributed by atoms with E-state index >= 15 is 0 Å².